The highest BCUT2D eigenvalue weighted by molar-refractivity contribution is 5.58. The van der Waals surface area contributed by atoms with Gasteiger partial charge in [0.1, 0.15) is 0 Å². The molecule has 4 nitrogen and oxygen atoms in total. The lowest BCUT2D eigenvalue weighted by Crippen LogP contribution is -2.29. The van der Waals surface area contributed by atoms with Gasteiger partial charge in [0.2, 0.25) is 0 Å². The van der Waals surface area contributed by atoms with Crippen LogP contribution in [0.2, 0.25) is 0 Å². The largest absolute Gasteiger partial charge is 0.389 e. The maximum absolute atomic E-state index is 9.90. The summed E-state index contributed by atoms with van der Waals surface area (Å²) in [6.45, 7) is 7.31. The van der Waals surface area contributed by atoms with Crippen molar-refractivity contribution in [2.24, 2.45) is 5.92 Å². The molecule has 0 heterocycles. The zero-order valence-electron chi connectivity index (χ0n) is 12.3. The first-order valence-corrected chi connectivity index (χ1v) is 6.83. The molecule has 0 amide bonds. The van der Waals surface area contributed by atoms with E-state index < -0.39 is 6.10 Å². The maximum atomic E-state index is 9.90. The first kappa shape index (κ1) is 16.0. The Labute approximate surface area is 120 Å². The summed E-state index contributed by atoms with van der Waals surface area (Å²) in [5.74, 6) is 0.432. The SMILES string of the molecule is CC(C)CN(CCC#N)c1cc(C#N)ccc1[C@@H](C)O. The molecule has 1 atom stereocenters. The van der Waals surface area contributed by atoms with Gasteiger partial charge in [0.05, 0.1) is 30.2 Å². The molecule has 0 fully saturated rings. The second-order valence-electron chi connectivity index (χ2n) is 5.31. The van der Waals surface area contributed by atoms with Crippen molar-refractivity contribution in [3.05, 3.63) is 29.3 Å². The number of benzene rings is 1. The Bertz CT molecular complexity index is 524. The van der Waals surface area contributed by atoms with Crippen LogP contribution in [-0.2, 0) is 0 Å². The fourth-order valence-electron chi connectivity index (χ4n) is 2.18. The van der Waals surface area contributed by atoms with Gasteiger partial charge in [-0.2, -0.15) is 10.5 Å². The summed E-state index contributed by atoms with van der Waals surface area (Å²) in [4.78, 5) is 2.08. The number of anilines is 1. The van der Waals surface area contributed by atoms with E-state index in [1.54, 1.807) is 25.1 Å². The minimum atomic E-state index is -0.602. The Morgan fingerprint density at radius 2 is 1.95 bits per heavy atom. The molecule has 0 aliphatic rings. The Morgan fingerprint density at radius 1 is 1.25 bits per heavy atom. The van der Waals surface area contributed by atoms with Gasteiger partial charge in [-0.05, 0) is 25.0 Å². The molecule has 0 bridgehead atoms. The number of aliphatic hydroxyl groups is 1. The topological polar surface area (TPSA) is 71.0 Å². The minimum absolute atomic E-state index is 0.419. The monoisotopic (exact) mass is 271 g/mol. The van der Waals surface area contributed by atoms with Crippen LogP contribution in [0.3, 0.4) is 0 Å². The van der Waals surface area contributed by atoms with Crippen LogP contribution in [0.15, 0.2) is 18.2 Å². The van der Waals surface area contributed by atoms with Crippen molar-refractivity contribution in [2.45, 2.75) is 33.3 Å². The van der Waals surface area contributed by atoms with Crippen LogP contribution < -0.4 is 4.90 Å². The highest BCUT2D eigenvalue weighted by atomic mass is 16.3. The normalized spacial score (nSPS) is 11.8. The van der Waals surface area contributed by atoms with Gasteiger partial charge >= 0.3 is 0 Å². The lowest BCUT2D eigenvalue weighted by atomic mass is 10.0. The molecule has 106 valence electrons. The molecule has 1 rings (SSSR count). The lowest BCUT2D eigenvalue weighted by molar-refractivity contribution is 0.199. The van der Waals surface area contributed by atoms with E-state index in [9.17, 15) is 5.11 Å². The highest BCUT2D eigenvalue weighted by Gasteiger charge is 2.16. The molecule has 1 aromatic rings. The number of nitriles is 2. The van der Waals surface area contributed by atoms with Gasteiger partial charge in [-0.1, -0.05) is 19.9 Å². The van der Waals surface area contributed by atoms with Crippen LogP contribution in [0.5, 0.6) is 0 Å². The van der Waals surface area contributed by atoms with Gasteiger partial charge in [0, 0.05) is 24.3 Å². The van der Waals surface area contributed by atoms with Crippen LogP contribution in [0.1, 0.15) is 44.4 Å². The third-order valence-electron chi connectivity index (χ3n) is 3.03. The quantitative estimate of drug-likeness (QED) is 0.863. The number of hydrogen-bond donors (Lipinski definition) is 1. The van der Waals surface area contributed by atoms with E-state index in [-0.39, 0.29) is 0 Å². The zero-order valence-corrected chi connectivity index (χ0v) is 12.3. The Balaban J connectivity index is 3.21. The third kappa shape index (κ3) is 4.26. The van der Waals surface area contributed by atoms with Crippen LogP contribution in [0.4, 0.5) is 5.69 Å². The molecule has 0 unspecified atom stereocenters. The Morgan fingerprint density at radius 3 is 2.45 bits per heavy atom. The van der Waals surface area contributed by atoms with E-state index in [4.69, 9.17) is 10.5 Å². The molecule has 0 saturated heterocycles. The minimum Gasteiger partial charge on any atom is -0.389 e. The van der Waals surface area contributed by atoms with Crippen molar-refractivity contribution in [3.8, 4) is 12.1 Å². The summed E-state index contributed by atoms with van der Waals surface area (Å²) in [5, 5.41) is 27.7. The van der Waals surface area contributed by atoms with Gasteiger partial charge in [0.15, 0.2) is 0 Å². The first-order chi connectivity index (χ1) is 9.49. The number of rotatable bonds is 6. The van der Waals surface area contributed by atoms with Crippen molar-refractivity contribution in [1.82, 2.24) is 0 Å². The third-order valence-corrected chi connectivity index (χ3v) is 3.03. The zero-order chi connectivity index (χ0) is 15.1. The van der Waals surface area contributed by atoms with Crippen LogP contribution in [0.25, 0.3) is 0 Å². The van der Waals surface area contributed by atoms with E-state index in [1.165, 1.54) is 0 Å². The average molecular weight is 271 g/mol. The predicted molar refractivity (Wildman–Crippen MR) is 79.1 cm³/mol. The standard InChI is InChI=1S/C16H21N3O/c1-12(2)11-19(8-4-7-17)16-9-14(10-18)5-6-15(16)13(3)20/h5-6,9,12-13,20H,4,8,11H2,1-3H3/t13-/m1/s1. The van der Waals surface area contributed by atoms with Crippen LogP contribution >= 0.6 is 0 Å². The molecule has 4 heteroatoms. The summed E-state index contributed by atoms with van der Waals surface area (Å²) < 4.78 is 0. The summed E-state index contributed by atoms with van der Waals surface area (Å²) in [6.07, 6.45) is -0.183. The number of hydrogen-bond acceptors (Lipinski definition) is 4. The van der Waals surface area contributed by atoms with Gasteiger partial charge < -0.3 is 10.0 Å². The molecule has 1 N–H and O–H groups in total. The number of nitrogens with zero attached hydrogens (tertiary/aromatic N) is 3. The van der Waals surface area contributed by atoms with Crippen molar-refractivity contribution in [3.63, 3.8) is 0 Å². The van der Waals surface area contributed by atoms with Crippen molar-refractivity contribution in [2.75, 3.05) is 18.0 Å². The summed E-state index contributed by atoms with van der Waals surface area (Å²) in [5.41, 5.74) is 2.21. The van der Waals surface area contributed by atoms with Crippen molar-refractivity contribution in [1.29, 1.82) is 10.5 Å². The molecule has 0 spiro atoms. The summed E-state index contributed by atoms with van der Waals surface area (Å²) in [6, 6.07) is 9.57. The second kappa shape index (κ2) is 7.53. The fraction of sp³-hybridized carbons (Fsp3) is 0.500. The van der Waals surface area contributed by atoms with E-state index in [0.717, 1.165) is 17.8 Å². The van der Waals surface area contributed by atoms with Gasteiger partial charge in [-0.3, -0.25) is 0 Å². The van der Waals surface area contributed by atoms with Crippen molar-refractivity contribution < 1.29 is 5.11 Å². The Kier molecular flexibility index (Phi) is 6.03. The first-order valence-electron chi connectivity index (χ1n) is 6.83. The number of aliphatic hydroxyl groups excluding tert-OH is 1. The molecular formula is C16H21N3O. The van der Waals surface area contributed by atoms with E-state index in [2.05, 4.69) is 30.9 Å². The van der Waals surface area contributed by atoms with E-state index in [0.29, 0.717) is 24.4 Å². The molecule has 0 aromatic heterocycles. The molecule has 0 radical (unpaired) electrons. The van der Waals surface area contributed by atoms with Gasteiger partial charge in [-0.25, -0.2) is 0 Å². The van der Waals surface area contributed by atoms with Gasteiger partial charge in [0.25, 0.3) is 0 Å². The van der Waals surface area contributed by atoms with E-state index in [1.807, 2.05) is 0 Å². The van der Waals surface area contributed by atoms with Crippen molar-refractivity contribution >= 4 is 5.69 Å². The maximum Gasteiger partial charge on any atom is 0.0992 e. The van der Waals surface area contributed by atoms with Gasteiger partial charge in [-0.15, -0.1) is 0 Å². The Hall–Kier alpha value is -2.04. The molecule has 0 saturated carbocycles. The molecular weight excluding hydrogens is 250 g/mol. The summed E-state index contributed by atoms with van der Waals surface area (Å²) >= 11 is 0. The second-order valence-corrected chi connectivity index (χ2v) is 5.31. The molecule has 0 aliphatic heterocycles. The average Bonchev–Trinajstić information content (AvgIpc) is 2.42. The molecule has 0 aliphatic carbocycles. The predicted octanol–water partition coefficient (Wildman–Crippen LogP) is 2.99. The van der Waals surface area contributed by atoms with E-state index >= 15 is 0 Å². The lowest BCUT2D eigenvalue weighted by Gasteiger charge is -2.29. The smallest absolute Gasteiger partial charge is 0.0992 e. The molecule has 20 heavy (non-hydrogen) atoms. The van der Waals surface area contributed by atoms with Crippen LogP contribution in [0, 0.1) is 28.6 Å². The highest BCUT2D eigenvalue weighted by Crippen LogP contribution is 2.28. The molecule has 1 aromatic carbocycles. The summed E-state index contributed by atoms with van der Waals surface area (Å²) in [7, 11) is 0. The van der Waals surface area contributed by atoms with Crippen LogP contribution in [-0.4, -0.2) is 18.2 Å². The fourth-order valence-corrected chi connectivity index (χ4v) is 2.18.